The van der Waals surface area contributed by atoms with Crippen molar-refractivity contribution in [3.8, 4) is 11.3 Å². The molecule has 0 atom stereocenters. The molecule has 0 bridgehead atoms. The lowest BCUT2D eigenvalue weighted by Gasteiger charge is -2.15. The molecule has 0 aliphatic rings. The Morgan fingerprint density at radius 1 is 1.03 bits per heavy atom. The number of unbranched alkanes of at least 4 members (excludes halogenated alkanes) is 1. The van der Waals surface area contributed by atoms with Crippen molar-refractivity contribution < 1.29 is 9.18 Å². The van der Waals surface area contributed by atoms with E-state index < -0.39 is 0 Å². The average molecular weight is 485 g/mol. The smallest absolute Gasteiger partial charge is 0.293 e. The van der Waals surface area contributed by atoms with Gasteiger partial charge in [0.15, 0.2) is 5.82 Å². The van der Waals surface area contributed by atoms with Crippen LogP contribution < -0.4 is 16.2 Å². The lowest BCUT2D eigenvalue weighted by atomic mass is 10.0. The van der Waals surface area contributed by atoms with Crippen molar-refractivity contribution in [2.45, 2.75) is 33.1 Å². The Labute approximate surface area is 209 Å². The fraction of sp³-hybridized carbons (Fsp3) is 0.207. The first kappa shape index (κ1) is 24.9. The maximum atomic E-state index is 13.3. The summed E-state index contributed by atoms with van der Waals surface area (Å²) in [4.78, 5) is 30.4. The predicted molar refractivity (Wildman–Crippen MR) is 142 cm³/mol. The van der Waals surface area contributed by atoms with Gasteiger partial charge in [-0.2, -0.15) is 0 Å². The van der Waals surface area contributed by atoms with Crippen LogP contribution in [0.5, 0.6) is 0 Å². The number of carbonyl (C=O) groups excluding carboxylic acids is 1. The number of benzene rings is 3. The quantitative estimate of drug-likeness (QED) is 0.311. The number of aromatic nitrogens is 2. The minimum atomic E-state index is -0.363. The van der Waals surface area contributed by atoms with Gasteiger partial charge in [-0.3, -0.25) is 9.59 Å². The van der Waals surface area contributed by atoms with Gasteiger partial charge in [-0.25, -0.2) is 9.37 Å². The summed E-state index contributed by atoms with van der Waals surface area (Å²) in [6, 6.07) is 19.0. The van der Waals surface area contributed by atoms with Crippen LogP contribution in [-0.2, 0) is 13.5 Å². The summed E-state index contributed by atoms with van der Waals surface area (Å²) in [5, 5.41) is 6.03. The Morgan fingerprint density at radius 2 is 1.78 bits per heavy atom. The van der Waals surface area contributed by atoms with Gasteiger partial charge in [0, 0.05) is 35.7 Å². The molecule has 6 nitrogen and oxygen atoms in total. The highest BCUT2D eigenvalue weighted by Gasteiger charge is 2.16. The molecule has 1 heterocycles. The second kappa shape index (κ2) is 11.0. The van der Waals surface area contributed by atoms with Crippen molar-refractivity contribution in [1.29, 1.82) is 0 Å². The maximum Gasteiger partial charge on any atom is 0.293 e. The molecule has 0 saturated heterocycles. The van der Waals surface area contributed by atoms with E-state index in [0.29, 0.717) is 22.6 Å². The molecule has 1 amide bonds. The Bertz CT molecular complexity index is 1440. The number of hydrogen-bond acceptors (Lipinski definition) is 4. The van der Waals surface area contributed by atoms with Gasteiger partial charge in [0.25, 0.3) is 11.5 Å². The number of hydrogen-bond donors (Lipinski definition) is 2. The van der Waals surface area contributed by atoms with E-state index in [1.54, 1.807) is 25.4 Å². The van der Waals surface area contributed by atoms with E-state index in [2.05, 4.69) is 22.5 Å². The molecule has 0 aliphatic heterocycles. The molecule has 184 valence electrons. The van der Waals surface area contributed by atoms with Gasteiger partial charge in [-0.15, -0.1) is 0 Å². The predicted octanol–water partition coefficient (Wildman–Crippen LogP) is 6.23. The Hall–Kier alpha value is -4.26. The van der Waals surface area contributed by atoms with Gasteiger partial charge in [-0.05, 0) is 67.3 Å². The molecule has 0 spiro atoms. The van der Waals surface area contributed by atoms with Gasteiger partial charge in [-0.1, -0.05) is 43.7 Å². The molecule has 2 N–H and O–H groups in total. The van der Waals surface area contributed by atoms with Crippen LogP contribution in [0.2, 0.25) is 0 Å². The molecule has 0 fully saturated rings. The van der Waals surface area contributed by atoms with Crippen LogP contribution in [0.3, 0.4) is 0 Å². The third-order valence-electron chi connectivity index (χ3n) is 6.10. The third-order valence-corrected chi connectivity index (χ3v) is 6.10. The van der Waals surface area contributed by atoms with Crippen LogP contribution in [0.1, 0.15) is 41.3 Å². The molecule has 4 rings (SSSR count). The molecular formula is C29H29FN4O2. The molecule has 0 aliphatic carbocycles. The van der Waals surface area contributed by atoms with Gasteiger partial charge in [0.05, 0.1) is 5.69 Å². The van der Waals surface area contributed by atoms with Crippen LogP contribution in [0.4, 0.5) is 21.6 Å². The van der Waals surface area contributed by atoms with Crippen molar-refractivity contribution in [3.05, 3.63) is 106 Å². The van der Waals surface area contributed by atoms with Crippen molar-refractivity contribution in [2.24, 2.45) is 7.05 Å². The molecule has 0 radical (unpaired) electrons. The Morgan fingerprint density at radius 3 is 2.53 bits per heavy atom. The van der Waals surface area contributed by atoms with Crippen LogP contribution in [0.15, 0.2) is 77.7 Å². The number of nitrogens with zero attached hydrogens (tertiary/aromatic N) is 2. The van der Waals surface area contributed by atoms with Gasteiger partial charge in [0.2, 0.25) is 0 Å². The van der Waals surface area contributed by atoms with Gasteiger partial charge in [0.1, 0.15) is 5.82 Å². The van der Waals surface area contributed by atoms with Crippen molar-refractivity contribution in [1.82, 2.24) is 9.55 Å². The first-order chi connectivity index (χ1) is 17.4. The van der Waals surface area contributed by atoms with E-state index in [-0.39, 0.29) is 23.1 Å². The Kier molecular flexibility index (Phi) is 7.59. The summed E-state index contributed by atoms with van der Waals surface area (Å²) in [5.74, 6) is -0.396. The second-order valence-electron chi connectivity index (χ2n) is 8.72. The Balaban J connectivity index is 1.65. The summed E-state index contributed by atoms with van der Waals surface area (Å²) < 4.78 is 14.7. The largest absolute Gasteiger partial charge is 0.336 e. The summed E-state index contributed by atoms with van der Waals surface area (Å²) in [6.07, 6.45) is 4.59. The summed E-state index contributed by atoms with van der Waals surface area (Å²) >= 11 is 0. The molecule has 1 aromatic heterocycles. The molecule has 0 unspecified atom stereocenters. The highest BCUT2D eigenvalue weighted by Crippen LogP contribution is 2.28. The fourth-order valence-electron chi connectivity index (χ4n) is 4.05. The number of rotatable bonds is 8. The zero-order chi connectivity index (χ0) is 25.7. The van der Waals surface area contributed by atoms with E-state index in [9.17, 15) is 14.0 Å². The molecule has 4 aromatic rings. The normalized spacial score (nSPS) is 10.8. The molecule has 3 aromatic carbocycles. The number of halogens is 1. The third kappa shape index (κ3) is 5.51. The summed E-state index contributed by atoms with van der Waals surface area (Å²) in [6.45, 7) is 4.04. The fourth-order valence-corrected chi connectivity index (χ4v) is 4.05. The highest BCUT2D eigenvalue weighted by molar-refractivity contribution is 6.06. The number of anilines is 3. The number of carbonyl (C=O) groups is 1. The lowest BCUT2D eigenvalue weighted by molar-refractivity contribution is 0.102. The van der Waals surface area contributed by atoms with Crippen molar-refractivity contribution >= 4 is 23.1 Å². The van der Waals surface area contributed by atoms with Gasteiger partial charge < -0.3 is 15.2 Å². The van der Waals surface area contributed by atoms with Crippen molar-refractivity contribution in [3.63, 3.8) is 0 Å². The monoisotopic (exact) mass is 484 g/mol. The number of amides is 1. The van der Waals surface area contributed by atoms with Crippen molar-refractivity contribution in [2.75, 3.05) is 10.6 Å². The van der Waals surface area contributed by atoms with E-state index in [1.165, 1.54) is 16.7 Å². The lowest BCUT2D eigenvalue weighted by Crippen LogP contribution is -2.21. The standard InChI is InChI=1S/C29H29FN4O2/c1-4-5-9-20-10-6-7-11-24(20)28(35)33-25-13-8-12-23(19(25)2)26-18-34(3)29(36)27(32-26)31-22-16-14-21(30)15-17-22/h6-8,10-18H,4-5,9H2,1-3H3,(H,31,32)(H,33,35). The highest BCUT2D eigenvalue weighted by atomic mass is 19.1. The topological polar surface area (TPSA) is 76.0 Å². The summed E-state index contributed by atoms with van der Waals surface area (Å²) in [5.41, 5.74) is 4.79. The first-order valence-corrected chi connectivity index (χ1v) is 12.0. The van der Waals surface area contributed by atoms with Crippen LogP contribution in [0, 0.1) is 12.7 Å². The number of aryl methyl sites for hydroxylation is 2. The SMILES string of the molecule is CCCCc1ccccc1C(=O)Nc1cccc(-c2cn(C)c(=O)c(Nc3ccc(F)cc3)n2)c1C. The zero-order valence-electron chi connectivity index (χ0n) is 20.6. The van der Waals surface area contributed by atoms with Crippen LogP contribution >= 0.6 is 0 Å². The number of nitrogens with one attached hydrogen (secondary N) is 2. The van der Waals surface area contributed by atoms with E-state index in [0.717, 1.165) is 36.0 Å². The molecule has 36 heavy (non-hydrogen) atoms. The van der Waals surface area contributed by atoms with Gasteiger partial charge >= 0.3 is 0 Å². The van der Waals surface area contributed by atoms with Crippen LogP contribution in [0.25, 0.3) is 11.3 Å². The maximum absolute atomic E-state index is 13.3. The minimum absolute atomic E-state index is 0.125. The average Bonchev–Trinajstić information content (AvgIpc) is 2.88. The molecular weight excluding hydrogens is 455 g/mol. The molecule has 0 saturated carbocycles. The second-order valence-corrected chi connectivity index (χ2v) is 8.72. The minimum Gasteiger partial charge on any atom is -0.336 e. The summed E-state index contributed by atoms with van der Waals surface area (Å²) in [7, 11) is 1.65. The van der Waals surface area contributed by atoms with E-state index in [1.807, 2.05) is 49.4 Å². The first-order valence-electron chi connectivity index (χ1n) is 12.0. The van der Waals surface area contributed by atoms with E-state index >= 15 is 0 Å². The zero-order valence-corrected chi connectivity index (χ0v) is 20.6. The molecule has 7 heteroatoms. The van der Waals surface area contributed by atoms with E-state index in [4.69, 9.17) is 0 Å². The van der Waals surface area contributed by atoms with Crippen LogP contribution in [-0.4, -0.2) is 15.5 Å².